The molecule has 1 aliphatic heterocycles. The summed E-state index contributed by atoms with van der Waals surface area (Å²) in [5.74, 6) is -0.500. The molecule has 0 fully saturated rings. The first kappa shape index (κ1) is 21.2. The number of allylic oxidation sites excluding steroid dienone is 1. The van der Waals surface area contributed by atoms with Gasteiger partial charge in [0.05, 0.1) is 16.7 Å². The van der Waals surface area contributed by atoms with Crippen LogP contribution in [-0.2, 0) is 0 Å². The second-order valence-electron chi connectivity index (χ2n) is 7.92. The Balaban J connectivity index is 1.78. The number of hydrogen-bond acceptors (Lipinski definition) is 5. The molecule has 1 aliphatic rings. The number of rotatable bonds is 6. The van der Waals surface area contributed by atoms with Crippen LogP contribution in [0.2, 0.25) is 0 Å². The molecular weight excluding hydrogens is 380 g/mol. The van der Waals surface area contributed by atoms with Crippen molar-refractivity contribution < 1.29 is 9.72 Å². The third kappa shape index (κ3) is 4.40. The van der Waals surface area contributed by atoms with Crippen molar-refractivity contribution in [3.05, 3.63) is 75.3 Å². The normalized spacial score (nSPS) is 14.9. The summed E-state index contributed by atoms with van der Waals surface area (Å²) >= 11 is 0. The topological polar surface area (TPSA) is 87.8 Å². The van der Waals surface area contributed by atoms with Crippen molar-refractivity contribution in [2.45, 2.75) is 39.7 Å². The molecule has 3 rings (SSSR count). The predicted molar refractivity (Wildman–Crippen MR) is 120 cm³/mol. The van der Waals surface area contributed by atoms with E-state index in [-0.39, 0.29) is 16.8 Å². The number of carbonyl (C=O) groups is 1. The summed E-state index contributed by atoms with van der Waals surface area (Å²) in [6, 6.07) is 11.7. The Morgan fingerprint density at radius 1 is 1.27 bits per heavy atom. The third-order valence-electron chi connectivity index (χ3n) is 5.15. The van der Waals surface area contributed by atoms with Gasteiger partial charge in [-0.05, 0) is 56.5 Å². The molecule has 0 radical (unpaired) electrons. The summed E-state index contributed by atoms with van der Waals surface area (Å²) in [4.78, 5) is 24.9. The van der Waals surface area contributed by atoms with E-state index in [1.165, 1.54) is 35.5 Å². The van der Waals surface area contributed by atoms with Gasteiger partial charge in [0.1, 0.15) is 0 Å². The van der Waals surface area contributed by atoms with Gasteiger partial charge in [-0.3, -0.25) is 14.9 Å². The fourth-order valence-electron chi connectivity index (χ4n) is 3.80. The number of nitro groups is 1. The fourth-order valence-corrected chi connectivity index (χ4v) is 3.80. The highest BCUT2D eigenvalue weighted by Crippen LogP contribution is 2.39. The monoisotopic (exact) mass is 406 g/mol. The lowest BCUT2D eigenvalue weighted by Gasteiger charge is -2.43. The van der Waals surface area contributed by atoms with Gasteiger partial charge in [0.15, 0.2) is 0 Å². The number of non-ortho nitro benzene ring substituents is 1. The van der Waals surface area contributed by atoms with Crippen LogP contribution in [0.25, 0.3) is 5.57 Å². The number of nitrogens with zero attached hydrogens (tertiary/aromatic N) is 3. The molecule has 0 unspecified atom stereocenters. The first-order valence-corrected chi connectivity index (χ1v) is 9.92. The summed E-state index contributed by atoms with van der Waals surface area (Å²) in [7, 11) is 0. The molecule has 0 bridgehead atoms. The highest BCUT2D eigenvalue weighted by Gasteiger charge is 2.30. The minimum absolute atomic E-state index is 0.0467. The zero-order valence-electron chi connectivity index (χ0n) is 17.7. The number of hydrazone groups is 1. The number of benzene rings is 2. The van der Waals surface area contributed by atoms with Gasteiger partial charge in [-0.1, -0.05) is 25.1 Å². The van der Waals surface area contributed by atoms with Gasteiger partial charge in [-0.25, -0.2) is 5.43 Å². The van der Waals surface area contributed by atoms with E-state index in [0.717, 1.165) is 24.1 Å². The number of nitrogens with one attached hydrogen (secondary N) is 1. The molecule has 0 spiro atoms. The minimum Gasteiger partial charge on any atom is -0.362 e. The van der Waals surface area contributed by atoms with E-state index in [2.05, 4.69) is 61.3 Å². The van der Waals surface area contributed by atoms with Gasteiger partial charge in [0.2, 0.25) is 0 Å². The van der Waals surface area contributed by atoms with Gasteiger partial charge in [-0.15, -0.1) is 0 Å². The Bertz CT molecular complexity index is 1040. The lowest BCUT2D eigenvalue weighted by atomic mass is 9.88. The molecule has 7 nitrogen and oxygen atoms in total. The van der Waals surface area contributed by atoms with E-state index in [1.54, 1.807) is 6.21 Å². The van der Waals surface area contributed by atoms with Crippen LogP contribution in [0.4, 0.5) is 11.4 Å². The molecular formula is C23H26N4O3. The second kappa shape index (κ2) is 8.49. The summed E-state index contributed by atoms with van der Waals surface area (Å²) in [5.41, 5.74) is 6.84. The van der Waals surface area contributed by atoms with Crippen LogP contribution in [-0.4, -0.2) is 29.1 Å². The van der Waals surface area contributed by atoms with Gasteiger partial charge in [-0.2, -0.15) is 5.10 Å². The van der Waals surface area contributed by atoms with Crippen molar-refractivity contribution in [1.29, 1.82) is 0 Å². The zero-order valence-corrected chi connectivity index (χ0v) is 17.7. The maximum absolute atomic E-state index is 12.2. The Hall–Kier alpha value is -3.48. The van der Waals surface area contributed by atoms with E-state index in [4.69, 9.17) is 0 Å². The van der Waals surface area contributed by atoms with Crippen molar-refractivity contribution in [3.63, 3.8) is 0 Å². The molecule has 156 valence electrons. The summed E-state index contributed by atoms with van der Waals surface area (Å²) in [6.07, 6.45) is 4.91. The Kier molecular flexibility index (Phi) is 6.01. The third-order valence-corrected chi connectivity index (χ3v) is 5.15. The predicted octanol–water partition coefficient (Wildman–Crippen LogP) is 4.77. The Morgan fingerprint density at radius 2 is 2.03 bits per heavy atom. The second-order valence-corrected chi connectivity index (χ2v) is 7.92. The van der Waals surface area contributed by atoms with Crippen molar-refractivity contribution >= 4 is 29.1 Å². The Morgan fingerprint density at radius 3 is 2.73 bits per heavy atom. The SMILES string of the molecule is CCCN1c2ccc(/C=N\NC(=O)c3cccc([N+](=O)[O-])c3)cc2C(C)=CC1(C)C. The maximum atomic E-state index is 12.2. The van der Waals surface area contributed by atoms with Crippen LogP contribution >= 0.6 is 0 Å². The van der Waals surface area contributed by atoms with Crippen LogP contribution in [0.5, 0.6) is 0 Å². The average molecular weight is 406 g/mol. The molecule has 1 amide bonds. The van der Waals surface area contributed by atoms with Crippen molar-refractivity contribution in [2.24, 2.45) is 5.10 Å². The van der Waals surface area contributed by atoms with Crippen LogP contribution < -0.4 is 10.3 Å². The lowest BCUT2D eigenvalue weighted by Crippen LogP contribution is -2.45. The first-order valence-electron chi connectivity index (χ1n) is 9.92. The smallest absolute Gasteiger partial charge is 0.271 e. The van der Waals surface area contributed by atoms with E-state index in [0.29, 0.717) is 0 Å². The molecule has 0 saturated heterocycles. The number of anilines is 1. The maximum Gasteiger partial charge on any atom is 0.271 e. The van der Waals surface area contributed by atoms with E-state index >= 15 is 0 Å². The minimum atomic E-state index is -0.536. The molecule has 1 N–H and O–H groups in total. The van der Waals surface area contributed by atoms with E-state index in [1.807, 2.05) is 6.07 Å². The van der Waals surface area contributed by atoms with E-state index in [9.17, 15) is 14.9 Å². The quantitative estimate of drug-likeness (QED) is 0.425. The summed E-state index contributed by atoms with van der Waals surface area (Å²) in [5, 5.41) is 14.9. The number of nitro benzene ring substituents is 1. The van der Waals surface area contributed by atoms with Crippen molar-refractivity contribution in [2.75, 3.05) is 11.4 Å². The molecule has 30 heavy (non-hydrogen) atoms. The highest BCUT2D eigenvalue weighted by atomic mass is 16.6. The molecule has 0 aliphatic carbocycles. The highest BCUT2D eigenvalue weighted by molar-refractivity contribution is 5.95. The van der Waals surface area contributed by atoms with Crippen LogP contribution in [0.15, 0.2) is 53.6 Å². The molecule has 1 heterocycles. The fraction of sp³-hybridized carbons (Fsp3) is 0.304. The van der Waals surface area contributed by atoms with Gasteiger partial charge < -0.3 is 4.90 Å². The number of amides is 1. The summed E-state index contributed by atoms with van der Waals surface area (Å²) in [6.45, 7) is 9.68. The number of carbonyl (C=O) groups excluding carboxylic acids is 1. The van der Waals surface area contributed by atoms with E-state index < -0.39 is 10.8 Å². The lowest BCUT2D eigenvalue weighted by molar-refractivity contribution is -0.384. The first-order chi connectivity index (χ1) is 14.2. The average Bonchev–Trinajstić information content (AvgIpc) is 2.71. The number of fused-ring (bicyclic) bond motifs is 1. The largest absolute Gasteiger partial charge is 0.362 e. The van der Waals surface area contributed by atoms with Crippen LogP contribution in [0.1, 0.15) is 55.6 Å². The van der Waals surface area contributed by atoms with Gasteiger partial charge >= 0.3 is 0 Å². The molecule has 2 aromatic carbocycles. The number of hydrogen-bond donors (Lipinski definition) is 1. The molecule has 0 saturated carbocycles. The van der Waals surface area contributed by atoms with Crippen molar-refractivity contribution in [1.82, 2.24) is 5.43 Å². The Labute approximate surface area is 176 Å². The standard InChI is InChI=1S/C23H26N4O3/c1-5-11-26-21-10-9-17(12-20(21)16(2)14-23(26,3)4)15-24-25-22(28)18-7-6-8-19(13-18)27(29)30/h6-10,12-15H,5,11H2,1-4H3,(H,25,28)/b24-15-. The van der Waals surface area contributed by atoms with Crippen LogP contribution in [0.3, 0.4) is 0 Å². The summed E-state index contributed by atoms with van der Waals surface area (Å²) < 4.78 is 0. The van der Waals surface area contributed by atoms with Crippen molar-refractivity contribution in [3.8, 4) is 0 Å². The molecule has 0 atom stereocenters. The molecule has 0 aromatic heterocycles. The molecule has 2 aromatic rings. The molecule has 7 heteroatoms. The zero-order chi connectivity index (χ0) is 21.9. The van der Waals surface area contributed by atoms with Gasteiger partial charge in [0.25, 0.3) is 11.6 Å². The van der Waals surface area contributed by atoms with Crippen LogP contribution in [0, 0.1) is 10.1 Å². The van der Waals surface area contributed by atoms with Gasteiger partial charge in [0, 0.05) is 35.5 Å².